The smallest absolute Gasteiger partial charge is 0.222 e. The second-order valence-electron chi connectivity index (χ2n) is 7.85. The molecule has 0 aromatic heterocycles. The number of aliphatic imine (C=N–C) groups is 1. The summed E-state index contributed by atoms with van der Waals surface area (Å²) < 4.78 is 13.1. The van der Waals surface area contributed by atoms with Gasteiger partial charge in [0.05, 0.1) is 5.92 Å². The van der Waals surface area contributed by atoms with Crippen LogP contribution in [0, 0.1) is 11.7 Å². The summed E-state index contributed by atoms with van der Waals surface area (Å²) in [5, 5.41) is 6.47. The van der Waals surface area contributed by atoms with Gasteiger partial charge in [0.2, 0.25) is 5.91 Å². The Kier molecular flexibility index (Phi) is 12.9. The molecule has 2 aromatic carbocycles. The number of nitrogens with one attached hydrogen (secondary N) is 2. The maximum Gasteiger partial charge on any atom is 0.222 e. The third-order valence-corrected chi connectivity index (χ3v) is 5.42. The topological polar surface area (TPSA) is 82.8 Å². The van der Waals surface area contributed by atoms with E-state index in [0.29, 0.717) is 25.0 Å². The van der Waals surface area contributed by atoms with Gasteiger partial charge in [-0.15, -0.1) is 24.0 Å². The highest BCUT2D eigenvalue weighted by Crippen LogP contribution is 2.10. The molecule has 0 saturated heterocycles. The standard InChI is InChI=1S/C24H34FN5O.HI/c1-18(30(3)17-20-7-5-4-6-8-20)13-14-28-24(27-2)29-16-21(23(26)31)15-19-9-11-22(25)12-10-19;/h4-12,18,21H,13-17H2,1-3H3,(H2,26,31)(H2,27,28,29);1H. The summed E-state index contributed by atoms with van der Waals surface area (Å²) in [6.07, 6.45) is 1.39. The van der Waals surface area contributed by atoms with Gasteiger partial charge in [-0.1, -0.05) is 42.5 Å². The van der Waals surface area contributed by atoms with Crippen LogP contribution in [-0.4, -0.2) is 50.0 Å². The lowest BCUT2D eigenvalue weighted by molar-refractivity contribution is -0.121. The van der Waals surface area contributed by atoms with Crippen molar-refractivity contribution in [3.05, 3.63) is 71.5 Å². The van der Waals surface area contributed by atoms with Gasteiger partial charge >= 0.3 is 0 Å². The Morgan fingerprint density at radius 2 is 1.75 bits per heavy atom. The Morgan fingerprint density at radius 3 is 2.34 bits per heavy atom. The molecule has 176 valence electrons. The van der Waals surface area contributed by atoms with Gasteiger partial charge in [0, 0.05) is 32.7 Å². The molecule has 2 aromatic rings. The van der Waals surface area contributed by atoms with E-state index in [2.05, 4.69) is 58.8 Å². The van der Waals surface area contributed by atoms with E-state index in [1.165, 1.54) is 17.7 Å². The van der Waals surface area contributed by atoms with Gasteiger partial charge in [-0.25, -0.2) is 4.39 Å². The first kappa shape index (κ1) is 27.8. The van der Waals surface area contributed by atoms with Crippen molar-refractivity contribution in [3.8, 4) is 0 Å². The van der Waals surface area contributed by atoms with Crippen LogP contribution in [0.25, 0.3) is 0 Å². The van der Waals surface area contributed by atoms with Crippen molar-refractivity contribution in [2.75, 3.05) is 27.2 Å². The van der Waals surface area contributed by atoms with Gasteiger partial charge in [-0.05, 0) is 50.1 Å². The third kappa shape index (κ3) is 9.95. The van der Waals surface area contributed by atoms with Crippen molar-refractivity contribution in [1.82, 2.24) is 15.5 Å². The van der Waals surface area contributed by atoms with Gasteiger partial charge in [0.25, 0.3) is 0 Å². The van der Waals surface area contributed by atoms with Crippen LogP contribution >= 0.6 is 24.0 Å². The van der Waals surface area contributed by atoms with E-state index in [4.69, 9.17) is 5.73 Å². The minimum atomic E-state index is -0.417. The molecule has 2 atom stereocenters. The molecule has 32 heavy (non-hydrogen) atoms. The number of primary amides is 1. The van der Waals surface area contributed by atoms with Crippen LogP contribution in [0.2, 0.25) is 0 Å². The van der Waals surface area contributed by atoms with Crippen molar-refractivity contribution < 1.29 is 9.18 Å². The van der Waals surface area contributed by atoms with Crippen LogP contribution in [0.4, 0.5) is 4.39 Å². The van der Waals surface area contributed by atoms with Crippen molar-refractivity contribution in [2.24, 2.45) is 16.6 Å². The zero-order valence-electron chi connectivity index (χ0n) is 19.1. The molecule has 0 spiro atoms. The first-order valence-corrected chi connectivity index (χ1v) is 10.6. The molecule has 6 nitrogen and oxygen atoms in total. The van der Waals surface area contributed by atoms with Crippen LogP contribution in [0.1, 0.15) is 24.5 Å². The lowest BCUT2D eigenvalue weighted by Crippen LogP contribution is -2.44. The molecular weight excluding hydrogens is 520 g/mol. The van der Waals surface area contributed by atoms with E-state index >= 15 is 0 Å². The molecule has 1 amide bonds. The number of carbonyl (C=O) groups excluding carboxylic acids is 1. The highest BCUT2D eigenvalue weighted by Gasteiger charge is 2.17. The average molecular weight is 555 g/mol. The number of hydrogen-bond donors (Lipinski definition) is 3. The summed E-state index contributed by atoms with van der Waals surface area (Å²) in [5.74, 6) is -0.489. The summed E-state index contributed by atoms with van der Waals surface area (Å²) in [5.41, 5.74) is 7.72. The largest absolute Gasteiger partial charge is 0.369 e. The highest BCUT2D eigenvalue weighted by molar-refractivity contribution is 14.0. The molecule has 0 radical (unpaired) electrons. The van der Waals surface area contributed by atoms with Crippen LogP contribution < -0.4 is 16.4 Å². The second-order valence-corrected chi connectivity index (χ2v) is 7.85. The lowest BCUT2D eigenvalue weighted by atomic mass is 9.98. The lowest BCUT2D eigenvalue weighted by Gasteiger charge is -2.25. The summed E-state index contributed by atoms with van der Waals surface area (Å²) in [7, 11) is 3.82. The van der Waals surface area contributed by atoms with E-state index in [-0.39, 0.29) is 29.8 Å². The summed E-state index contributed by atoms with van der Waals surface area (Å²) >= 11 is 0. The van der Waals surface area contributed by atoms with Crippen molar-refractivity contribution in [3.63, 3.8) is 0 Å². The molecular formula is C24H35FIN5O. The molecule has 0 bridgehead atoms. The number of nitrogens with zero attached hydrogens (tertiary/aromatic N) is 2. The Bertz CT molecular complexity index is 832. The minimum absolute atomic E-state index is 0. The normalized spacial score (nSPS) is 13.2. The number of halogens is 2. The number of guanidine groups is 1. The molecule has 8 heteroatoms. The first-order valence-electron chi connectivity index (χ1n) is 10.6. The first-order chi connectivity index (χ1) is 14.9. The molecule has 0 aliphatic heterocycles. The number of nitrogens with two attached hydrogens (primary N) is 1. The molecule has 0 heterocycles. The van der Waals surface area contributed by atoms with Crippen LogP contribution in [0.5, 0.6) is 0 Å². The van der Waals surface area contributed by atoms with Gasteiger partial charge in [-0.2, -0.15) is 0 Å². The van der Waals surface area contributed by atoms with E-state index in [9.17, 15) is 9.18 Å². The van der Waals surface area contributed by atoms with E-state index in [1.807, 2.05) is 6.07 Å². The number of rotatable bonds is 11. The summed E-state index contributed by atoms with van der Waals surface area (Å²) in [4.78, 5) is 18.4. The monoisotopic (exact) mass is 555 g/mol. The van der Waals surface area contributed by atoms with Crippen molar-refractivity contribution in [1.29, 1.82) is 0 Å². The van der Waals surface area contributed by atoms with Crippen molar-refractivity contribution in [2.45, 2.75) is 32.4 Å². The molecule has 0 saturated carbocycles. The van der Waals surface area contributed by atoms with Gasteiger partial charge in [0.15, 0.2) is 5.96 Å². The molecule has 4 N–H and O–H groups in total. The average Bonchev–Trinajstić information content (AvgIpc) is 2.76. The van der Waals surface area contributed by atoms with Gasteiger partial charge < -0.3 is 16.4 Å². The van der Waals surface area contributed by atoms with Crippen LogP contribution in [-0.2, 0) is 17.8 Å². The van der Waals surface area contributed by atoms with E-state index in [1.54, 1.807) is 19.2 Å². The summed E-state index contributed by atoms with van der Waals surface area (Å²) in [6, 6.07) is 16.9. The predicted octanol–water partition coefficient (Wildman–Crippen LogP) is 3.16. The fraction of sp³-hybridized carbons (Fsp3) is 0.417. The zero-order chi connectivity index (χ0) is 22.6. The Balaban J connectivity index is 0.00000512. The Morgan fingerprint density at radius 1 is 1.09 bits per heavy atom. The highest BCUT2D eigenvalue weighted by atomic mass is 127. The van der Waals surface area contributed by atoms with E-state index in [0.717, 1.165) is 25.1 Å². The van der Waals surface area contributed by atoms with Gasteiger partial charge in [0.1, 0.15) is 5.82 Å². The molecule has 0 aliphatic carbocycles. The molecule has 0 fully saturated rings. The maximum atomic E-state index is 13.1. The predicted molar refractivity (Wildman–Crippen MR) is 140 cm³/mol. The zero-order valence-corrected chi connectivity index (χ0v) is 21.4. The SMILES string of the molecule is CN=C(NCCC(C)N(C)Cc1ccccc1)NCC(Cc1ccc(F)cc1)C(N)=O.I. The van der Waals surface area contributed by atoms with Crippen LogP contribution in [0.15, 0.2) is 59.6 Å². The fourth-order valence-electron chi connectivity index (χ4n) is 3.27. The maximum absolute atomic E-state index is 13.1. The Hall–Kier alpha value is -2.20. The summed E-state index contributed by atoms with van der Waals surface area (Å²) in [6.45, 7) is 4.21. The molecule has 2 rings (SSSR count). The molecule has 0 aliphatic rings. The molecule has 2 unspecified atom stereocenters. The van der Waals surface area contributed by atoms with Crippen LogP contribution in [0.3, 0.4) is 0 Å². The third-order valence-electron chi connectivity index (χ3n) is 5.42. The number of hydrogen-bond acceptors (Lipinski definition) is 3. The number of benzene rings is 2. The second kappa shape index (κ2) is 14.8. The quantitative estimate of drug-likeness (QED) is 0.226. The Labute approximate surface area is 207 Å². The van der Waals surface area contributed by atoms with Crippen molar-refractivity contribution >= 4 is 35.8 Å². The minimum Gasteiger partial charge on any atom is -0.369 e. The number of amides is 1. The van der Waals surface area contributed by atoms with Gasteiger partial charge in [-0.3, -0.25) is 14.7 Å². The van der Waals surface area contributed by atoms with E-state index < -0.39 is 11.8 Å². The number of carbonyl (C=O) groups is 1. The fourth-order valence-corrected chi connectivity index (χ4v) is 3.27.